The highest BCUT2D eigenvalue weighted by molar-refractivity contribution is 7.97. The lowest BCUT2D eigenvalue weighted by Crippen LogP contribution is -2.63. The molecule has 0 aliphatic heterocycles. The second kappa shape index (κ2) is 13.9. The van der Waals surface area contributed by atoms with Gasteiger partial charge >= 0.3 is 23.3 Å². The smallest absolute Gasteiger partial charge is 0.460 e. The zero-order chi connectivity index (χ0) is 36.5. The number of alkyl halides is 9. The summed E-state index contributed by atoms with van der Waals surface area (Å²) in [5, 5.41) is -7.11. The van der Waals surface area contributed by atoms with Crippen LogP contribution in [0, 0.1) is 26.6 Å². The molecule has 4 aromatic rings. The van der Waals surface area contributed by atoms with Crippen molar-refractivity contribution in [3.8, 4) is 0 Å². The highest BCUT2D eigenvalue weighted by atomic mass is 32.2. The molecule has 0 spiro atoms. The molecule has 1 atom stereocenters. The number of hydrogen-bond acceptors (Lipinski definition) is 4. The second-order valence-electron chi connectivity index (χ2n) is 10.3. The van der Waals surface area contributed by atoms with Gasteiger partial charge in [0.15, 0.2) is 30.6 Å². The highest BCUT2D eigenvalue weighted by Gasteiger charge is 2.83. The van der Waals surface area contributed by atoms with Crippen molar-refractivity contribution in [3.05, 3.63) is 125 Å². The van der Waals surface area contributed by atoms with Gasteiger partial charge in [0.05, 0.1) is 10.9 Å². The number of rotatable bonds is 8. The van der Waals surface area contributed by atoms with Gasteiger partial charge in [-0.3, -0.25) is 4.79 Å². The Labute approximate surface area is 271 Å². The van der Waals surface area contributed by atoms with Crippen LogP contribution in [-0.4, -0.2) is 42.0 Å². The van der Waals surface area contributed by atoms with Gasteiger partial charge in [0.1, 0.15) is 5.82 Å². The summed E-state index contributed by atoms with van der Waals surface area (Å²) >= 11 is 0. The number of ketones is 1. The van der Waals surface area contributed by atoms with Crippen LogP contribution >= 0.6 is 0 Å². The van der Waals surface area contributed by atoms with E-state index < -0.39 is 33.4 Å². The van der Waals surface area contributed by atoms with E-state index in [4.69, 9.17) is 0 Å². The zero-order valence-corrected chi connectivity index (χ0v) is 26.5. The van der Waals surface area contributed by atoms with Gasteiger partial charge in [-0.1, -0.05) is 35.9 Å². The Bertz CT molecular complexity index is 1840. The monoisotopic (exact) mass is 726 g/mol. The van der Waals surface area contributed by atoms with Crippen molar-refractivity contribution in [1.29, 1.82) is 0 Å². The molecule has 0 fully saturated rings. The maximum Gasteiger partial charge on any atom is 0.460 e. The SMILES string of the molecule is Cc1cc(C)c([S+](c2ccccc2)c2ccc(C(=O)c3ccc(F)cc3)cc2)c(C)c1.O=S(=O)([O-])C(F)(F)C(F)(F)C(F)(F)C(F)(F)F. The maximum absolute atomic E-state index is 13.2. The lowest BCUT2D eigenvalue weighted by atomic mass is 10.0. The minimum Gasteiger partial charge on any atom is -0.743 e. The Hall–Kier alpha value is -3.89. The first-order valence-corrected chi connectivity index (χ1v) is 16.0. The Balaban J connectivity index is 0.000000315. The third kappa shape index (κ3) is 7.70. The lowest BCUT2D eigenvalue weighted by Gasteiger charge is -2.34. The standard InChI is InChI=1S/C28H24FOS.C4HF9O3S/c1-19-17-20(2)28(21(3)18-19)31(25-7-5-4-6-8-25)26-15-11-23(12-16-26)27(30)22-9-13-24(29)14-10-22;5-1(6,3(9,10)11)2(7,8)4(12,13)17(14,15)16/h4-18H,1-3H3;(H,14,15,16)/q+1;/p-1. The summed E-state index contributed by atoms with van der Waals surface area (Å²) in [7, 11) is -7.69. The molecule has 0 radical (unpaired) electrons. The third-order valence-electron chi connectivity index (χ3n) is 6.68. The molecule has 0 amide bonds. The molecule has 0 saturated heterocycles. The largest absolute Gasteiger partial charge is 0.743 e. The van der Waals surface area contributed by atoms with Gasteiger partial charge in [0.2, 0.25) is 0 Å². The predicted molar refractivity (Wildman–Crippen MR) is 156 cm³/mol. The lowest BCUT2D eigenvalue weighted by molar-refractivity contribution is -0.382. The molecular weight excluding hydrogens is 702 g/mol. The van der Waals surface area contributed by atoms with E-state index in [0.29, 0.717) is 11.1 Å². The summed E-state index contributed by atoms with van der Waals surface area (Å²) in [5.74, 6) is -15.3. The number of carbonyl (C=O) groups is 1. The summed E-state index contributed by atoms with van der Waals surface area (Å²) in [4.78, 5) is 16.5. The maximum atomic E-state index is 13.2. The van der Waals surface area contributed by atoms with Gasteiger partial charge in [-0.15, -0.1) is 0 Å². The quantitative estimate of drug-likeness (QED) is 0.0787. The topological polar surface area (TPSA) is 74.3 Å². The molecule has 1 unspecified atom stereocenters. The van der Waals surface area contributed by atoms with Gasteiger partial charge in [-0.05, 0) is 81.4 Å². The second-order valence-corrected chi connectivity index (χ2v) is 13.7. The summed E-state index contributed by atoms with van der Waals surface area (Å²) in [5.41, 5.74) is 4.90. The van der Waals surface area contributed by atoms with Gasteiger partial charge in [0, 0.05) is 22.3 Å². The molecule has 4 nitrogen and oxygen atoms in total. The summed E-state index contributed by atoms with van der Waals surface area (Å²) in [6.45, 7) is 6.47. The Kier molecular flexibility index (Phi) is 11.2. The van der Waals surface area contributed by atoms with E-state index in [9.17, 15) is 61.7 Å². The normalized spacial score (nSPS) is 13.4. The fraction of sp³-hybridized carbons (Fsp3) is 0.219. The summed E-state index contributed by atoms with van der Waals surface area (Å²) in [6, 6.07) is 28.5. The first-order valence-electron chi connectivity index (χ1n) is 13.4. The molecule has 0 aliphatic rings. The first kappa shape index (κ1) is 38.6. The summed E-state index contributed by atoms with van der Waals surface area (Å²) in [6.07, 6.45) is -7.16. The number of hydrogen-bond donors (Lipinski definition) is 0. The van der Waals surface area contributed by atoms with E-state index in [1.54, 1.807) is 0 Å². The first-order chi connectivity index (χ1) is 21.9. The number of halogens is 10. The van der Waals surface area contributed by atoms with Crippen LogP contribution in [0.1, 0.15) is 32.6 Å². The molecule has 0 N–H and O–H groups in total. The molecule has 0 saturated carbocycles. The van der Waals surface area contributed by atoms with Gasteiger partial charge in [0.25, 0.3) is 0 Å². The van der Waals surface area contributed by atoms with E-state index in [-0.39, 0.29) is 22.5 Å². The van der Waals surface area contributed by atoms with E-state index in [1.807, 2.05) is 30.3 Å². The van der Waals surface area contributed by atoms with Crippen LogP contribution in [0.25, 0.3) is 0 Å². The van der Waals surface area contributed by atoms with Crippen LogP contribution in [-0.2, 0) is 21.0 Å². The fourth-order valence-electron chi connectivity index (χ4n) is 4.45. The van der Waals surface area contributed by atoms with Crippen molar-refractivity contribution in [2.45, 2.75) is 58.7 Å². The molecule has 258 valence electrons. The van der Waals surface area contributed by atoms with E-state index in [1.165, 1.54) is 50.7 Å². The Morgan fingerprint density at radius 1 is 0.646 bits per heavy atom. The van der Waals surface area contributed by atoms with Crippen LogP contribution in [0.3, 0.4) is 0 Å². The highest BCUT2D eigenvalue weighted by Crippen LogP contribution is 2.54. The molecule has 0 aromatic heterocycles. The molecule has 0 bridgehead atoms. The third-order valence-corrected chi connectivity index (χ3v) is 10.1. The Morgan fingerprint density at radius 2 is 1.06 bits per heavy atom. The minimum atomic E-state index is -7.43. The molecule has 48 heavy (non-hydrogen) atoms. The minimum absolute atomic E-state index is 0.103. The van der Waals surface area contributed by atoms with Crippen molar-refractivity contribution in [1.82, 2.24) is 0 Å². The van der Waals surface area contributed by atoms with Crippen molar-refractivity contribution >= 4 is 26.8 Å². The molecule has 0 heterocycles. The summed E-state index contributed by atoms with van der Waals surface area (Å²) < 4.78 is 149. The van der Waals surface area contributed by atoms with E-state index in [2.05, 4.69) is 57.2 Å². The van der Waals surface area contributed by atoms with E-state index >= 15 is 0 Å². The molecule has 0 aliphatic carbocycles. The number of aryl methyl sites for hydroxylation is 3. The number of benzene rings is 4. The van der Waals surface area contributed by atoms with Crippen LogP contribution < -0.4 is 0 Å². The van der Waals surface area contributed by atoms with Crippen molar-refractivity contribution in [2.75, 3.05) is 0 Å². The van der Waals surface area contributed by atoms with Crippen molar-refractivity contribution in [3.63, 3.8) is 0 Å². The fourth-order valence-corrected chi connectivity index (χ4v) is 7.23. The number of carbonyl (C=O) groups excluding carboxylic acids is 1. The van der Waals surface area contributed by atoms with Gasteiger partial charge in [-0.25, -0.2) is 12.8 Å². The van der Waals surface area contributed by atoms with Crippen molar-refractivity contribution in [2.24, 2.45) is 0 Å². The van der Waals surface area contributed by atoms with Gasteiger partial charge in [-0.2, -0.15) is 39.5 Å². The average molecular weight is 727 g/mol. The molecular formula is C32H24F10O4S2. The Morgan fingerprint density at radius 3 is 1.48 bits per heavy atom. The average Bonchev–Trinajstić information content (AvgIpc) is 2.98. The van der Waals surface area contributed by atoms with Crippen molar-refractivity contribution < 1.29 is 61.7 Å². The zero-order valence-electron chi connectivity index (χ0n) is 24.9. The molecule has 16 heteroatoms. The van der Waals surface area contributed by atoms with Crippen LogP contribution in [0.15, 0.2) is 106 Å². The van der Waals surface area contributed by atoms with E-state index in [0.717, 1.165) is 4.90 Å². The van der Waals surface area contributed by atoms with Crippen LogP contribution in [0.2, 0.25) is 0 Å². The predicted octanol–water partition coefficient (Wildman–Crippen LogP) is 9.03. The van der Waals surface area contributed by atoms with Gasteiger partial charge < -0.3 is 4.55 Å². The molecule has 4 rings (SSSR count). The van der Waals surface area contributed by atoms with Crippen LogP contribution in [0.4, 0.5) is 43.9 Å². The molecule has 4 aromatic carbocycles. The van der Waals surface area contributed by atoms with Crippen LogP contribution in [0.5, 0.6) is 0 Å².